The number of aromatic nitrogens is 1. The van der Waals surface area contributed by atoms with Gasteiger partial charge in [-0.2, -0.15) is 0 Å². The second-order valence-electron chi connectivity index (χ2n) is 3.34. The number of hydrogen-bond acceptors (Lipinski definition) is 3. The average Bonchev–Trinajstić information content (AvgIpc) is 2.18. The van der Waals surface area contributed by atoms with E-state index in [2.05, 4.69) is 10.3 Å². The molecule has 0 aliphatic carbocycles. The smallest absolute Gasteiger partial charge is 0.246 e. The molecule has 1 atom stereocenters. The van der Waals surface area contributed by atoms with Gasteiger partial charge >= 0.3 is 0 Å². The number of nitrogens with zero attached hydrogens (tertiary/aromatic N) is 1. The Hall–Kier alpha value is -1.42. The van der Waals surface area contributed by atoms with Crippen LogP contribution < -0.4 is 5.32 Å². The van der Waals surface area contributed by atoms with Crippen LogP contribution in [0.15, 0.2) is 18.3 Å². The van der Waals surface area contributed by atoms with E-state index in [-0.39, 0.29) is 18.6 Å². The van der Waals surface area contributed by atoms with Gasteiger partial charge in [-0.15, -0.1) is 0 Å². The van der Waals surface area contributed by atoms with E-state index in [4.69, 9.17) is 4.74 Å². The predicted octanol–water partition coefficient (Wildman–Crippen LogP) is 0.578. The zero-order valence-electron chi connectivity index (χ0n) is 7.99. The molecule has 0 unspecified atom stereocenters. The molecule has 1 amide bonds. The molecule has 1 aliphatic rings. The van der Waals surface area contributed by atoms with Gasteiger partial charge in [0.2, 0.25) is 5.91 Å². The molecule has 0 aromatic carbocycles. The van der Waals surface area contributed by atoms with E-state index < -0.39 is 0 Å². The van der Waals surface area contributed by atoms with E-state index in [1.807, 2.05) is 19.1 Å². The maximum Gasteiger partial charge on any atom is 0.246 e. The van der Waals surface area contributed by atoms with Gasteiger partial charge in [0.05, 0.1) is 18.3 Å². The molecule has 1 fully saturated rings. The normalized spacial score (nSPS) is 21.8. The molecule has 2 rings (SSSR count). The molecular weight excluding hydrogens is 180 g/mol. The summed E-state index contributed by atoms with van der Waals surface area (Å²) in [5.74, 6) is -0.0775. The molecule has 1 saturated heterocycles. The van der Waals surface area contributed by atoms with Crippen LogP contribution in [-0.2, 0) is 9.53 Å². The Labute approximate surface area is 82.3 Å². The molecule has 74 valence electrons. The molecule has 0 radical (unpaired) electrons. The molecule has 0 bridgehead atoms. The van der Waals surface area contributed by atoms with Crippen molar-refractivity contribution in [3.05, 3.63) is 29.6 Å². The summed E-state index contributed by atoms with van der Waals surface area (Å²) in [5, 5.41) is 2.85. The Bertz CT molecular complexity index is 352. The fourth-order valence-electron chi connectivity index (χ4n) is 1.56. The van der Waals surface area contributed by atoms with Crippen molar-refractivity contribution in [1.29, 1.82) is 0 Å². The van der Waals surface area contributed by atoms with E-state index >= 15 is 0 Å². The second kappa shape index (κ2) is 3.75. The molecule has 1 aliphatic heterocycles. The number of aryl methyl sites for hydroxylation is 1. The van der Waals surface area contributed by atoms with Gasteiger partial charge < -0.3 is 10.1 Å². The maximum absolute atomic E-state index is 11.1. The molecule has 4 nitrogen and oxygen atoms in total. The molecule has 0 saturated carbocycles. The van der Waals surface area contributed by atoms with Gasteiger partial charge in [0, 0.05) is 6.20 Å². The van der Waals surface area contributed by atoms with E-state index in [9.17, 15) is 4.79 Å². The summed E-state index contributed by atoms with van der Waals surface area (Å²) >= 11 is 0. The lowest BCUT2D eigenvalue weighted by molar-refractivity contribution is -0.131. The monoisotopic (exact) mass is 192 g/mol. The first-order chi connectivity index (χ1) is 6.77. The van der Waals surface area contributed by atoms with Gasteiger partial charge in [0.25, 0.3) is 0 Å². The Morgan fingerprint density at radius 2 is 2.50 bits per heavy atom. The van der Waals surface area contributed by atoms with Crippen molar-refractivity contribution in [2.75, 3.05) is 13.2 Å². The van der Waals surface area contributed by atoms with Crippen LogP contribution in [0.5, 0.6) is 0 Å². The lowest BCUT2D eigenvalue weighted by atomic mass is 10.1. The van der Waals surface area contributed by atoms with Crippen molar-refractivity contribution in [3.8, 4) is 0 Å². The topological polar surface area (TPSA) is 51.2 Å². The standard InChI is InChI=1S/C10H12N2O2/c1-7-3-2-4-11-10(7)8-5-14-6-9(13)12-8/h2-4,8H,5-6H2,1H3,(H,12,13)/t8-/m0/s1. The minimum Gasteiger partial charge on any atom is -0.369 e. The van der Waals surface area contributed by atoms with Crippen LogP contribution in [-0.4, -0.2) is 24.1 Å². The Kier molecular flexibility index (Phi) is 2.45. The summed E-state index contributed by atoms with van der Waals surface area (Å²) in [7, 11) is 0. The van der Waals surface area contributed by atoms with Crippen molar-refractivity contribution < 1.29 is 9.53 Å². The Balaban J connectivity index is 2.22. The van der Waals surface area contributed by atoms with Crippen LogP contribution in [0.2, 0.25) is 0 Å². The zero-order chi connectivity index (χ0) is 9.97. The van der Waals surface area contributed by atoms with E-state index in [0.29, 0.717) is 6.61 Å². The minimum absolute atomic E-state index is 0.0775. The van der Waals surface area contributed by atoms with Gasteiger partial charge in [0.1, 0.15) is 6.61 Å². The SMILES string of the molecule is Cc1cccnc1[C@@H]1COCC(=O)N1. The highest BCUT2D eigenvalue weighted by Crippen LogP contribution is 2.16. The van der Waals surface area contributed by atoms with Crippen molar-refractivity contribution in [2.24, 2.45) is 0 Å². The third kappa shape index (κ3) is 1.75. The fourth-order valence-corrected chi connectivity index (χ4v) is 1.56. The highest BCUT2D eigenvalue weighted by atomic mass is 16.5. The van der Waals surface area contributed by atoms with Gasteiger partial charge in [-0.3, -0.25) is 9.78 Å². The molecule has 1 N–H and O–H groups in total. The number of hydrogen-bond donors (Lipinski definition) is 1. The highest BCUT2D eigenvalue weighted by molar-refractivity contribution is 5.78. The van der Waals surface area contributed by atoms with E-state index in [1.165, 1.54) is 0 Å². The van der Waals surface area contributed by atoms with Crippen LogP contribution >= 0.6 is 0 Å². The molecule has 14 heavy (non-hydrogen) atoms. The first-order valence-corrected chi connectivity index (χ1v) is 4.56. The number of ether oxygens (including phenoxy) is 1. The number of rotatable bonds is 1. The quantitative estimate of drug-likeness (QED) is 0.708. The maximum atomic E-state index is 11.1. The van der Waals surface area contributed by atoms with Crippen molar-refractivity contribution >= 4 is 5.91 Å². The Morgan fingerprint density at radius 1 is 1.64 bits per heavy atom. The van der Waals surface area contributed by atoms with Crippen molar-refractivity contribution in [1.82, 2.24) is 10.3 Å². The summed E-state index contributed by atoms with van der Waals surface area (Å²) < 4.78 is 5.15. The second-order valence-corrected chi connectivity index (χ2v) is 3.34. The molecule has 4 heteroatoms. The number of pyridine rings is 1. The largest absolute Gasteiger partial charge is 0.369 e. The summed E-state index contributed by atoms with van der Waals surface area (Å²) in [6.07, 6.45) is 1.73. The van der Waals surface area contributed by atoms with E-state index in [0.717, 1.165) is 11.3 Å². The zero-order valence-corrected chi connectivity index (χ0v) is 7.99. The molecule has 2 heterocycles. The van der Waals surface area contributed by atoms with Crippen LogP contribution in [0.3, 0.4) is 0 Å². The summed E-state index contributed by atoms with van der Waals surface area (Å²) in [6, 6.07) is 3.76. The third-order valence-corrected chi connectivity index (χ3v) is 2.23. The fraction of sp³-hybridized carbons (Fsp3) is 0.400. The van der Waals surface area contributed by atoms with Crippen LogP contribution in [0.25, 0.3) is 0 Å². The van der Waals surface area contributed by atoms with Gasteiger partial charge in [-0.25, -0.2) is 0 Å². The predicted molar refractivity (Wildman–Crippen MR) is 50.7 cm³/mol. The van der Waals surface area contributed by atoms with Gasteiger partial charge in [-0.05, 0) is 18.6 Å². The van der Waals surface area contributed by atoms with Crippen molar-refractivity contribution in [3.63, 3.8) is 0 Å². The third-order valence-electron chi connectivity index (χ3n) is 2.23. The molecule has 0 spiro atoms. The number of carbonyl (C=O) groups excluding carboxylic acids is 1. The first-order valence-electron chi connectivity index (χ1n) is 4.56. The molecule has 1 aromatic rings. The van der Waals surface area contributed by atoms with Crippen molar-refractivity contribution in [2.45, 2.75) is 13.0 Å². The average molecular weight is 192 g/mol. The summed E-state index contributed by atoms with van der Waals surface area (Å²) in [5.41, 5.74) is 1.96. The minimum atomic E-state index is -0.0996. The lowest BCUT2D eigenvalue weighted by Crippen LogP contribution is -2.40. The number of morpholine rings is 1. The summed E-state index contributed by atoms with van der Waals surface area (Å²) in [6.45, 7) is 2.63. The van der Waals surface area contributed by atoms with Crippen LogP contribution in [0.4, 0.5) is 0 Å². The first kappa shape index (κ1) is 9.15. The van der Waals surface area contributed by atoms with Gasteiger partial charge in [-0.1, -0.05) is 6.07 Å². The Morgan fingerprint density at radius 3 is 3.21 bits per heavy atom. The van der Waals surface area contributed by atoms with E-state index in [1.54, 1.807) is 6.20 Å². The lowest BCUT2D eigenvalue weighted by Gasteiger charge is -2.23. The highest BCUT2D eigenvalue weighted by Gasteiger charge is 2.22. The van der Waals surface area contributed by atoms with Crippen LogP contribution in [0.1, 0.15) is 17.3 Å². The molecule has 1 aromatic heterocycles. The van der Waals surface area contributed by atoms with Crippen LogP contribution in [0, 0.1) is 6.92 Å². The number of carbonyl (C=O) groups is 1. The number of nitrogens with one attached hydrogen (secondary N) is 1. The van der Waals surface area contributed by atoms with Gasteiger partial charge in [0.15, 0.2) is 0 Å². The number of amides is 1. The summed E-state index contributed by atoms with van der Waals surface area (Å²) in [4.78, 5) is 15.3. The molecular formula is C10H12N2O2.